The van der Waals surface area contributed by atoms with E-state index in [1.54, 1.807) is 18.5 Å². The number of nitrogens with zero attached hydrogens (tertiary/aromatic N) is 2. The Balaban J connectivity index is 1.23. The molecule has 2 aliphatic heterocycles. The second kappa shape index (κ2) is 9.40. The van der Waals surface area contributed by atoms with E-state index in [-0.39, 0.29) is 5.91 Å². The number of benzene rings is 2. The molecule has 33 heavy (non-hydrogen) atoms. The van der Waals surface area contributed by atoms with E-state index in [1.807, 2.05) is 36.4 Å². The zero-order valence-electron chi connectivity index (χ0n) is 17.9. The highest BCUT2D eigenvalue weighted by molar-refractivity contribution is 14.1. The summed E-state index contributed by atoms with van der Waals surface area (Å²) in [5, 5.41) is 5.61. The number of rotatable bonds is 5. The first kappa shape index (κ1) is 21.7. The van der Waals surface area contributed by atoms with Gasteiger partial charge in [0, 0.05) is 58.5 Å². The van der Waals surface area contributed by atoms with E-state index in [0.717, 1.165) is 47.7 Å². The summed E-state index contributed by atoms with van der Waals surface area (Å²) in [4.78, 5) is 29.3. The first-order chi connectivity index (χ1) is 16.1. The van der Waals surface area contributed by atoms with Gasteiger partial charge in [-0.1, -0.05) is 0 Å². The van der Waals surface area contributed by atoms with Gasteiger partial charge in [-0.15, -0.1) is 0 Å². The highest BCUT2D eigenvalue weighted by Gasteiger charge is 2.27. The SMILES string of the molecule is O=C1NC(=O)c2ccc(I)cc2/C1=C/Nc1ccc(N2CCN(Cc3ccco3)CC2)cc1. The van der Waals surface area contributed by atoms with Crippen molar-refractivity contribution in [1.82, 2.24) is 10.2 Å². The van der Waals surface area contributed by atoms with Gasteiger partial charge in [0.05, 0.1) is 18.4 Å². The molecule has 0 unspecified atom stereocenters. The van der Waals surface area contributed by atoms with Gasteiger partial charge < -0.3 is 14.6 Å². The lowest BCUT2D eigenvalue weighted by molar-refractivity contribution is -0.114. The average Bonchev–Trinajstić information content (AvgIpc) is 3.33. The number of amides is 2. The Bertz CT molecular complexity index is 1200. The maximum Gasteiger partial charge on any atom is 0.260 e. The summed E-state index contributed by atoms with van der Waals surface area (Å²) in [7, 11) is 0. The van der Waals surface area contributed by atoms with Gasteiger partial charge in [0.1, 0.15) is 5.76 Å². The number of nitrogens with one attached hydrogen (secondary N) is 2. The first-order valence-corrected chi connectivity index (χ1v) is 11.9. The third-order valence-corrected chi connectivity index (χ3v) is 6.61. The molecule has 2 N–H and O–H groups in total. The fourth-order valence-electron chi connectivity index (χ4n) is 4.15. The van der Waals surface area contributed by atoms with Crippen LogP contribution in [0, 0.1) is 3.57 Å². The van der Waals surface area contributed by atoms with Gasteiger partial charge in [-0.05, 0) is 77.2 Å². The molecule has 2 amide bonds. The van der Waals surface area contributed by atoms with Crippen LogP contribution >= 0.6 is 22.6 Å². The summed E-state index contributed by atoms with van der Waals surface area (Å²) < 4.78 is 6.42. The average molecular weight is 554 g/mol. The minimum absolute atomic E-state index is 0.364. The topological polar surface area (TPSA) is 77.8 Å². The number of carbonyl (C=O) groups excluding carboxylic acids is 2. The Labute approximate surface area is 205 Å². The number of hydrogen-bond donors (Lipinski definition) is 2. The van der Waals surface area contributed by atoms with Crippen LogP contribution in [0.1, 0.15) is 21.7 Å². The largest absolute Gasteiger partial charge is 0.468 e. The molecule has 0 radical (unpaired) electrons. The molecular formula is C25H23IN4O3. The zero-order chi connectivity index (χ0) is 22.8. The minimum Gasteiger partial charge on any atom is -0.468 e. The predicted octanol–water partition coefficient (Wildman–Crippen LogP) is 3.93. The van der Waals surface area contributed by atoms with Crippen LogP contribution in [0.5, 0.6) is 0 Å². The third kappa shape index (κ3) is 4.81. The van der Waals surface area contributed by atoms with Crippen LogP contribution < -0.4 is 15.5 Å². The Kier molecular flexibility index (Phi) is 6.19. The molecule has 1 fully saturated rings. The van der Waals surface area contributed by atoms with Crippen LogP contribution in [0.15, 0.2) is 71.5 Å². The molecule has 5 rings (SSSR count). The Morgan fingerprint density at radius 2 is 1.76 bits per heavy atom. The zero-order valence-corrected chi connectivity index (χ0v) is 20.0. The molecule has 2 aliphatic rings. The molecule has 3 aromatic rings. The maximum atomic E-state index is 12.4. The standard InChI is InChI=1S/C25H23IN4O3/c26-17-3-8-21-22(14-17)23(25(32)28-24(21)31)15-27-18-4-6-19(7-5-18)30-11-9-29(10-12-30)16-20-2-1-13-33-20/h1-8,13-15,27H,9-12,16H2,(H,28,31,32)/b23-15-. The lowest BCUT2D eigenvalue weighted by Gasteiger charge is -2.35. The van der Waals surface area contributed by atoms with Crippen molar-refractivity contribution in [2.24, 2.45) is 0 Å². The molecule has 0 spiro atoms. The highest BCUT2D eigenvalue weighted by Crippen LogP contribution is 2.27. The van der Waals surface area contributed by atoms with E-state index in [1.165, 1.54) is 5.69 Å². The van der Waals surface area contributed by atoms with E-state index >= 15 is 0 Å². The summed E-state index contributed by atoms with van der Waals surface area (Å²) in [5.74, 6) is 0.240. The van der Waals surface area contributed by atoms with E-state index in [4.69, 9.17) is 4.42 Å². The molecule has 1 aromatic heterocycles. The van der Waals surface area contributed by atoms with Crippen LogP contribution in [0.2, 0.25) is 0 Å². The summed E-state index contributed by atoms with van der Waals surface area (Å²) in [6.07, 6.45) is 3.38. The number of imide groups is 1. The Morgan fingerprint density at radius 3 is 2.48 bits per heavy atom. The van der Waals surface area contributed by atoms with Crippen molar-refractivity contribution in [2.45, 2.75) is 6.54 Å². The van der Waals surface area contributed by atoms with Crippen LogP contribution in [-0.4, -0.2) is 42.9 Å². The molecule has 0 saturated carbocycles. The molecule has 3 heterocycles. The summed E-state index contributed by atoms with van der Waals surface area (Å²) >= 11 is 2.18. The lowest BCUT2D eigenvalue weighted by Crippen LogP contribution is -2.45. The summed E-state index contributed by atoms with van der Waals surface area (Å²) in [6, 6.07) is 17.6. The second-order valence-electron chi connectivity index (χ2n) is 8.06. The second-order valence-corrected chi connectivity index (χ2v) is 9.31. The van der Waals surface area contributed by atoms with Gasteiger partial charge in [0.25, 0.3) is 11.8 Å². The number of hydrogen-bond acceptors (Lipinski definition) is 6. The van der Waals surface area contributed by atoms with Gasteiger partial charge in [0.2, 0.25) is 0 Å². The monoisotopic (exact) mass is 554 g/mol. The van der Waals surface area contributed by atoms with Crippen molar-refractivity contribution in [3.05, 3.63) is 87.5 Å². The molecule has 0 atom stereocenters. The number of piperazine rings is 1. The molecule has 8 heteroatoms. The number of carbonyl (C=O) groups is 2. The van der Waals surface area contributed by atoms with Crippen LogP contribution in [0.3, 0.4) is 0 Å². The van der Waals surface area contributed by atoms with E-state index < -0.39 is 5.91 Å². The van der Waals surface area contributed by atoms with Crippen molar-refractivity contribution < 1.29 is 14.0 Å². The van der Waals surface area contributed by atoms with Gasteiger partial charge in [-0.3, -0.25) is 19.8 Å². The summed E-state index contributed by atoms with van der Waals surface area (Å²) in [5.41, 5.74) is 3.64. The lowest BCUT2D eigenvalue weighted by atomic mass is 9.95. The van der Waals surface area contributed by atoms with Crippen molar-refractivity contribution in [1.29, 1.82) is 0 Å². The highest BCUT2D eigenvalue weighted by atomic mass is 127. The quantitative estimate of drug-likeness (QED) is 0.283. The van der Waals surface area contributed by atoms with Crippen molar-refractivity contribution >= 4 is 51.4 Å². The van der Waals surface area contributed by atoms with E-state index in [0.29, 0.717) is 16.7 Å². The van der Waals surface area contributed by atoms with Crippen LogP contribution in [-0.2, 0) is 11.3 Å². The van der Waals surface area contributed by atoms with Crippen molar-refractivity contribution in [3.8, 4) is 0 Å². The third-order valence-electron chi connectivity index (χ3n) is 5.94. The van der Waals surface area contributed by atoms with Gasteiger partial charge in [-0.2, -0.15) is 0 Å². The number of anilines is 2. The Morgan fingerprint density at radius 1 is 0.970 bits per heavy atom. The smallest absolute Gasteiger partial charge is 0.260 e. The molecule has 2 aromatic carbocycles. The maximum absolute atomic E-state index is 12.4. The van der Waals surface area contributed by atoms with Gasteiger partial charge in [-0.25, -0.2) is 0 Å². The van der Waals surface area contributed by atoms with Gasteiger partial charge in [0.15, 0.2) is 0 Å². The minimum atomic E-state index is -0.397. The molecular weight excluding hydrogens is 531 g/mol. The van der Waals surface area contributed by atoms with Crippen LogP contribution in [0.25, 0.3) is 5.57 Å². The molecule has 0 aliphatic carbocycles. The number of fused-ring (bicyclic) bond motifs is 1. The van der Waals surface area contributed by atoms with Crippen molar-refractivity contribution in [3.63, 3.8) is 0 Å². The van der Waals surface area contributed by atoms with E-state index in [2.05, 4.69) is 55.2 Å². The fourth-order valence-corrected chi connectivity index (χ4v) is 4.64. The fraction of sp³-hybridized carbons (Fsp3) is 0.200. The molecule has 1 saturated heterocycles. The van der Waals surface area contributed by atoms with E-state index in [9.17, 15) is 9.59 Å². The number of halogens is 1. The molecule has 0 bridgehead atoms. The predicted molar refractivity (Wildman–Crippen MR) is 136 cm³/mol. The molecule has 168 valence electrons. The number of furan rings is 1. The summed E-state index contributed by atoms with van der Waals surface area (Å²) in [6.45, 7) is 4.74. The molecule has 7 nitrogen and oxygen atoms in total. The van der Waals surface area contributed by atoms with Gasteiger partial charge >= 0.3 is 0 Å². The first-order valence-electron chi connectivity index (χ1n) is 10.8. The normalized spacial score (nSPS) is 17.7. The Hall–Kier alpha value is -3.11. The van der Waals surface area contributed by atoms with Crippen molar-refractivity contribution in [2.75, 3.05) is 36.4 Å². The van der Waals surface area contributed by atoms with Crippen LogP contribution in [0.4, 0.5) is 11.4 Å².